The second kappa shape index (κ2) is 6.06. The average Bonchev–Trinajstić information content (AvgIpc) is 2.28. The van der Waals surface area contributed by atoms with E-state index in [0.717, 1.165) is 5.56 Å². The summed E-state index contributed by atoms with van der Waals surface area (Å²) in [7, 11) is 0. The topological polar surface area (TPSA) is 20.3 Å². The lowest BCUT2D eigenvalue weighted by Crippen LogP contribution is -2.40. The van der Waals surface area contributed by atoms with Gasteiger partial charge in [-0.25, -0.2) is 0 Å². The molecule has 0 saturated carbocycles. The first-order valence-corrected chi connectivity index (χ1v) is 6.38. The van der Waals surface area contributed by atoms with E-state index in [1.807, 2.05) is 56.0 Å². The summed E-state index contributed by atoms with van der Waals surface area (Å²) >= 11 is 5.76. The maximum Gasteiger partial charge on any atom is 0.228 e. The molecule has 0 unspecified atom stereocenters. The summed E-state index contributed by atoms with van der Waals surface area (Å²) in [5.41, 5.74) is 0.774. The highest BCUT2D eigenvalue weighted by molar-refractivity contribution is 6.18. The lowest BCUT2D eigenvalue weighted by atomic mass is 9.94. The molecule has 0 aliphatic rings. The molecule has 0 aliphatic carbocycles. The molecule has 0 fully saturated rings. The number of alkyl halides is 1. The van der Waals surface area contributed by atoms with Crippen molar-refractivity contribution in [2.24, 2.45) is 5.41 Å². The van der Waals surface area contributed by atoms with Crippen molar-refractivity contribution in [3.05, 3.63) is 35.9 Å². The van der Waals surface area contributed by atoms with Gasteiger partial charge in [0.25, 0.3) is 0 Å². The molecule has 0 radical (unpaired) electrons. The second-order valence-corrected chi connectivity index (χ2v) is 5.53. The molecule has 94 valence electrons. The van der Waals surface area contributed by atoms with Crippen LogP contribution in [0.4, 0.5) is 0 Å². The predicted octanol–water partition coefficient (Wildman–Crippen LogP) is 3.30. The molecule has 1 aromatic rings. The lowest BCUT2D eigenvalue weighted by Gasteiger charge is -2.29. The van der Waals surface area contributed by atoms with Crippen LogP contribution < -0.4 is 0 Å². The van der Waals surface area contributed by atoms with Crippen molar-refractivity contribution < 1.29 is 4.79 Å². The summed E-state index contributed by atoms with van der Waals surface area (Å²) in [6.45, 7) is 7.01. The highest BCUT2D eigenvalue weighted by Gasteiger charge is 2.26. The number of halogens is 1. The van der Waals surface area contributed by atoms with Gasteiger partial charge >= 0.3 is 0 Å². The quantitative estimate of drug-likeness (QED) is 0.754. The standard InChI is InChI=1S/C14H20ClNO/c1-14(2,3)13(17)16(10-9-15)11-12-7-5-4-6-8-12/h4-8H,9-11H2,1-3H3. The van der Waals surface area contributed by atoms with Crippen LogP contribution in [0.2, 0.25) is 0 Å². The number of carbonyl (C=O) groups excluding carboxylic acids is 1. The fourth-order valence-corrected chi connectivity index (χ4v) is 1.84. The molecule has 0 aliphatic heterocycles. The molecule has 2 nitrogen and oxygen atoms in total. The van der Waals surface area contributed by atoms with Gasteiger partial charge in [-0.2, -0.15) is 0 Å². The third-order valence-electron chi connectivity index (χ3n) is 2.50. The molecule has 0 heterocycles. The smallest absolute Gasteiger partial charge is 0.228 e. The van der Waals surface area contributed by atoms with Crippen LogP contribution in [0.1, 0.15) is 26.3 Å². The Kier molecular flexibility index (Phi) is 5.01. The van der Waals surface area contributed by atoms with Crippen LogP contribution >= 0.6 is 11.6 Å². The van der Waals surface area contributed by atoms with E-state index in [2.05, 4.69) is 0 Å². The van der Waals surface area contributed by atoms with E-state index in [0.29, 0.717) is 19.0 Å². The van der Waals surface area contributed by atoms with E-state index in [1.165, 1.54) is 0 Å². The molecular formula is C14H20ClNO. The number of nitrogens with zero attached hydrogens (tertiary/aromatic N) is 1. The maximum absolute atomic E-state index is 12.2. The minimum Gasteiger partial charge on any atom is -0.337 e. The van der Waals surface area contributed by atoms with Gasteiger partial charge in [-0.15, -0.1) is 11.6 Å². The van der Waals surface area contributed by atoms with Crippen molar-refractivity contribution in [3.8, 4) is 0 Å². The van der Waals surface area contributed by atoms with Crippen LogP contribution in [0.3, 0.4) is 0 Å². The zero-order valence-electron chi connectivity index (χ0n) is 10.7. The van der Waals surface area contributed by atoms with Crippen LogP contribution in [-0.4, -0.2) is 23.2 Å². The molecule has 0 atom stereocenters. The molecule has 1 aromatic carbocycles. The van der Waals surface area contributed by atoms with Gasteiger partial charge in [0, 0.05) is 24.4 Å². The van der Waals surface area contributed by atoms with Crippen LogP contribution in [-0.2, 0) is 11.3 Å². The van der Waals surface area contributed by atoms with Crippen LogP contribution in [0, 0.1) is 5.41 Å². The molecule has 0 aromatic heterocycles. The van der Waals surface area contributed by atoms with Gasteiger partial charge < -0.3 is 4.90 Å². The number of rotatable bonds is 4. The second-order valence-electron chi connectivity index (χ2n) is 5.15. The fourth-order valence-electron chi connectivity index (χ4n) is 1.63. The van der Waals surface area contributed by atoms with Crippen molar-refractivity contribution in [2.45, 2.75) is 27.3 Å². The predicted molar refractivity (Wildman–Crippen MR) is 72.0 cm³/mol. The molecule has 0 bridgehead atoms. The van der Waals surface area contributed by atoms with E-state index in [9.17, 15) is 4.79 Å². The van der Waals surface area contributed by atoms with E-state index in [1.54, 1.807) is 0 Å². The zero-order chi connectivity index (χ0) is 12.9. The normalized spacial score (nSPS) is 11.3. The SMILES string of the molecule is CC(C)(C)C(=O)N(CCCl)Cc1ccccc1. The Morgan fingerprint density at radius 3 is 2.29 bits per heavy atom. The van der Waals surface area contributed by atoms with Crippen molar-refractivity contribution in [2.75, 3.05) is 12.4 Å². The van der Waals surface area contributed by atoms with Crippen molar-refractivity contribution in [1.29, 1.82) is 0 Å². The Balaban J connectivity index is 2.77. The third-order valence-corrected chi connectivity index (χ3v) is 2.67. The van der Waals surface area contributed by atoms with E-state index >= 15 is 0 Å². The first-order valence-electron chi connectivity index (χ1n) is 5.84. The summed E-state index contributed by atoms with van der Waals surface area (Å²) in [6, 6.07) is 9.99. The Hall–Kier alpha value is -1.02. The molecule has 3 heteroatoms. The van der Waals surface area contributed by atoms with E-state index in [-0.39, 0.29) is 11.3 Å². The van der Waals surface area contributed by atoms with Gasteiger partial charge in [0.1, 0.15) is 0 Å². The number of carbonyl (C=O) groups is 1. The molecule has 0 N–H and O–H groups in total. The average molecular weight is 254 g/mol. The Morgan fingerprint density at radius 1 is 1.24 bits per heavy atom. The lowest BCUT2D eigenvalue weighted by molar-refractivity contribution is -0.139. The maximum atomic E-state index is 12.2. The van der Waals surface area contributed by atoms with E-state index in [4.69, 9.17) is 11.6 Å². The first kappa shape index (κ1) is 14.0. The minimum atomic E-state index is -0.360. The molecule has 1 rings (SSSR count). The molecule has 17 heavy (non-hydrogen) atoms. The highest BCUT2D eigenvalue weighted by atomic mass is 35.5. The largest absolute Gasteiger partial charge is 0.337 e. The summed E-state index contributed by atoms with van der Waals surface area (Å²) in [5, 5.41) is 0. The Morgan fingerprint density at radius 2 is 1.82 bits per heavy atom. The van der Waals surface area contributed by atoms with Crippen molar-refractivity contribution in [1.82, 2.24) is 4.90 Å². The molecule has 0 saturated heterocycles. The monoisotopic (exact) mass is 253 g/mol. The summed E-state index contributed by atoms with van der Waals surface area (Å²) in [5.74, 6) is 0.608. The molecule has 0 spiro atoms. The molecule has 1 amide bonds. The van der Waals surface area contributed by atoms with Gasteiger partial charge in [0.2, 0.25) is 5.91 Å². The molecular weight excluding hydrogens is 234 g/mol. The van der Waals surface area contributed by atoms with Crippen LogP contribution in [0.25, 0.3) is 0 Å². The van der Waals surface area contributed by atoms with Gasteiger partial charge in [-0.3, -0.25) is 4.79 Å². The van der Waals surface area contributed by atoms with Gasteiger partial charge in [-0.05, 0) is 5.56 Å². The Labute approximate surface area is 109 Å². The van der Waals surface area contributed by atoms with Crippen molar-refractivity contribution >= 4 is 17.5 Å². The summed E-state index contributed by atoms with van der Waals surface area (Å²) in [6.07, 6.45) is 0. The van der Waals surface area contributed by atoms with Gasteiger partial charge in [0.05, 0.1) is 0 Å². The number of hydrogen-bond acceptors (Lipinski definition) is 1. The van der Waals surface area contributed by atoms with Crippen LogP contribution in [0.5, 0.6) is 0 Å². The number of hydrogen-bond donors (Lipinski definition) is 0. The fraction of sp³-hybridized carbons (Fsp3) is 0.500. The van der Waals surface area contributed by atoms with E-state index < -0.39 is 0 Å². The minimum absolute atomic E-state index is 0.141. The van der Waals surface area contributed by atoms with Gasteiger partial charge in [0.15, 0.2) is 0 Å². The number of benzene rings is 1. The zero-order valence-corrected chi connectivity index (χ0v) is 11.5. The Bertz CT molecular complexity index is 356. The third kappa shape index (κ3) is 4.39. The van der Waals surface area contributed by atoms with Gasteiger partial charge in [-0.1, -0.05) is 51.1 Å². The first-order chi connectivity index (χ1) is 7.95. The highest BCUT2D eigenvalue weighted by Crippen LogP contribution is 2.19. The van der Waals surface area contributed by atoms with Crippen molar-refractivity contribution in [3.63, 3.8) is 0 Å². The summed E-state index contributed by atoms with van der Waals surface area (Å²) in [4.78, 5) is 14.0. The number of amides is 1. The summed E-state index contributed by atoms with van der Waals surface area (Å²) < 4.78 is 0. The van der Waals surface area contributed by atoms with Crippen LogP contribution in [0.15, 0.2) is 30.3 Å².